The number of anilines is 1. The maximum atomic E-state index is 12.7. The number of Topliss-reactive ketones (excluding diaryl/α,β-unsaturated/α-hetero) is 1. The van der Waals surface area contributed by atoms with Crippen molar-refractivity contribution in [1.82, 2.24) is 5.32 Å². The van der Waals surface area contributed by atoms with Crippen LogP contribution in [0.4, 0.5) is 5.69 Å². The minimum Gasteiger partial charge on any atom is -0.496 e. The van der Waals surface area contributed by atoms with Crippen LogP contribution >= 0.6 is 0 Å². The highest BCUT2D eigenvalue weighted by Crippen LogP contribution is 2.37. The van der Waals surface area contributed by atoms with Crippen LogP contribution in [0.5, 0.6) is 5.75 Å². The molecule has 1 amide bonds. The van der Waals surface area contributed by atoms with Crippen molar-refractivity contribution in [3.05, 3.63) is 58.7 Å². The van der Waals surface area contributed by atoms with E-state index in [9.17, 15) is 9.59 Å². The average Bonchev–Trinajstić information content (AvgIpc) is 3.18. The molecular weight excluding hydrogens is 364 g/mol. The van der Waals surface area contributed by atoms with Crippen LogP contribution in [-0.2, 0) is 24.1 Å². The molecule has 2 aliphatic heterocycles. The van der Waals surface area contributed by atoms with Gasteiger partial charge in [-0.2, -0.15) is 0 Å². The van der Waals surface area contributed by atoms with E-state index in [2.05, 4.69) is 11.4 Å². The summed E-state index contributed by atoms with van der Waals surface area (Å²) in [6, 6.07) is 12.1. The SMILES string of the molecule is COc1ccccc1CCNCCCC(=O)c1cc2c3c(c1)CCN3C(=O)CC2. The normalized spacial score (nSPS) is 14.8. The predicted octanol–water partition coefficient (Wildman–Crippen LogP) is 3.33. The predicted molar refractivity (Wildman–Crippen MR) is 114 cm³/mol. The quantitative estimate of drug-likeness (QED) is 0.525. The van der Waals surface area contributed by atoms with E-state index in [-0.39, 0.29) is 11.7 Å². The number of aryl methyl sites for hydroxylation is 1. The largest absolute Gasteiger partial charge is 0.496 e. The van der Waals surface area contributed by atoms with Gasteiger partial charge in [-0.15, -0.1) is 0 Å². The molecule has 0 bridgehead atoms. The van der Waals surface area contributed by atoms with Crippen molar-refractivity contribution in [3.8, 4) is 5.75 Å². The first kappa shape index (κ1) is 19.6. The maximum Gasteiger partial charge on any atom is 0.227 e. The van der Waals surface area contributed by atoms with Crippen LogP contribution in [0.3, 0.4) is 0 Å². The molecule has 152 valence electrons. The lowest BCUT2D eigenvalue weighted by atomic mass is 9.94. The summed E-state index contributed by atoms with van der Waals surface area (Å²) in [5.41, 5.74) is 5.41. The van der Waals surface area contributed by atoms with Gasteiger partial charge in [-0.3, -0.25) is 9.59 Å². The molecule has 2 aliphatic rings. The van der Waals surface area contributed by atoms with Gasteiger partial charge < -0.3 is 15.0 Å². The molecule has 0 aliphatic carbocycles. The minimum absolute atomic E-state index is 0.200. The maximum absolute atomic E-state index is 12.7. The molecule has 0 radical (unpaired) electrons. The van der Waals surface area contributed by atoms with Crippen LogP contribution in [0.2, 0.25) is 0 Å². The van der Waals surface area contributed by atoms with E-state index in [0.29, 0.717) is 12.8 Å². The standard InChI is InChI=1S/C24H28N2O3/c1-29-22-7-3-2-5-17(22)10-13-25-12-4-6-21(27)20-15-18-8-9-23(28)26-14-11-19(16-20)24(18)26/h2-3,5,7,15-16,25H,4,6,8-14H2,1H3. The minimum atomic E-state index is 0.200. The number of carbonyl (C=O) groups excluding carboxylic acids is 2. The van der Waals surface area contributed by atoms with Gasteiger partial charge in [-0.1, -0.05) is 18.2 Å². The average molecular weight is 392 g/mol. The summed E-state index contributed by atoms with van der Waals surface area (Å²) in [5, 5.41) is 3.42. The summed E-state index contributed by atoms with van der Waals surface area (Å²) in [6.45, 7) is 2.44. The van der Waals surface area contributed by atoms with Gasteiger partial charge in [0.15, 0.2) is 5.78 Å². The fraction of sp³-hybridized carbons (Fsp3) is 0.417. The number of para-hydroxylation sites is 1. The van der Waals surface area contributed by atoms with Crippen molar-refractivity contribution in [2.45, 2.75) is 38.5 Å². The number of rotatable bonds is 9. The molecule has 0 atom stereocenters. The first-order valence-electron chi connectivity index (χ1n) is 10.5. The number of nitrogens with one attached hydrogen (secondary N) is 1. The highest BCUT2D eigenvalue weighted by atomic mass is 16.5. The molecule has 0 unspecified atom stereocenters. The van der Waals surface area contributed by atoms with E-state index < -0.39 is 0 Å². The number of hydrogen-bond donors (Lipinski definition) is 1. The second kappa shape index (κ2) is 8.78. The number of amides is 1. The van der Waals surface area contributed by atoms with Gasteiger partial charge in [-0.05, 0) is 73.7 Å². The highest BCUT2D eigenvalue weighted by molar-refractivity contribution is 6.02. The molecule has 2 aromatic rings. The van der Waals surface area contributed by atoms with E-state index in [1.807, 2.05) is 35.2 Å². The smallest absolute Gasteiger partial charge is 0.227 e. The molecule has 0 saturated carbocycles. The zero-order chi connectivity index (χ0) is 20.2. The molecular formula is C24H28N2O3. The molecule has 29 heavy (non-hydrogen) atoms. The Morgan fingerprint density at radius 2 is 1.90 bits per heavy atom. The molecule has 4 rings (SSSR count). The summed E-state index contributed by atoms with van der Waals surface area (Å²) in [6.07, 6.45) is 4.44. The second-order valence-corrected chi connectivity index (χ2v) is 7.78. The van der Waals surface area contributed by atoms with Crippen LogP contribution in [0.25, 0.3) is 0 Å². The highest BCUT2D eigenvalue weighted by Gasteiger charge is 2.31. The van der Waals surface area contributed by atoms with Crippen LogP contribution in [0.1, 0.15) is 46.3 Å². The Labute approximate surface area is 172 Å². The van der Waals surface area contributed by atoms with E-state index in [1.54, 1.807) is 7.11 Å². The van der Waals surface area contributed by atoms with Gasteiger partial charge in [0.25, 0.3) is 0 Å². The molecule has 0 spiro atoms. The summed E-state index contributed by atoms with van der Waals surface area (Å²) in [5.74, 6) is 1.34. The Morgan fingerprint density at radius 3 is 2.72 bits per heavy atom. The molecule has 0 saturated heterocycles. The van der Waals surface area contributed by atoms with Gasteiger partial charge in [0.1, 0.15) is 5.75 Å². The summed E-state index contributed by atoms with van der Waals surface area (Å²) in [4.78, 5) is 26.6. The topological polar surface area (TPSA) is 58.6 Å². The number of methoxy groups -OCH3 is 1. The lowest BCUT2D eigenvalue weighted by Gasteiger charge is -2.25. The van der Waals surface area contributed by atoms with Crippen molar-refractivity contribution < 1.29 is 14.3 Å². The van der Waals surface area contributed by atoms with E-state index in [0.717, 1.165) is 73.4 Å². The fourth-order valence-electron chi connectivity index (χ4n) is 4.39. The molecule has 5 heteroatoms. The van der Waals surface area contributed by atoms with E-state index >= 15 is 0 Å². The molecule has 5 nitrogen and oxygen atoms in total. The second-order valence-electron chi connectivity index (χ2n) is 7.78. The summed E-state index contributed by atoms with van der Waals surface area (Å²) in [7, 11) is 1.69. The third-order valence-corrected chi connectivity index (χ3v) is 5.89. The zero-order valence-corrected chi connectivity index (χ0v) is 17.0. The molecule has 0 fully saturated rings. The van der Waals surface area contributed by atoms with Gasteiger partial charge in [-0.25, -0.2) is 0 Å². The van der Waals surface area contributed by atoms with Crippen LogP contribution in [0.15, 0.2) is 36.4 Å². The first-order valence-corrected chi connectivity index (χ1v) is 10.5. The van der Waals surface area contributed by atoms with Crippen molar-refractivity contribution >= 4 is 17.4 Å². The Bertz CT molecular complexity index is 922. The summed E-state index contributed by atoms with van der Waals surface area (Å²) >= 11 is 0. The molecule has 1 N–H and O–H groups in total. The van der Waals surface area contributed by atoms with Crippen molar-refractivity contribution in [2.75, 3.05) is 31.6 Å². The molecule has 0 aromatic heterocycles. The Hall–Kier alpha value is -2.66. The Kier molecular flexibility index (Phi) is 5.95. The third kappa shape index (κ3) is 4.20. The molecule has 2 aromatic carbocycles. The lowest BCUT2D eigenvalue weighted by Crippen LogP contribution is -2.32. The van der Waals surface area contributed by atoms with E-state index in [1.165, 1.54) is 5.56 Å². The van der Waals surface area contributed by atoms with Gasteiger partial charge >= 0.3 is 0 Å². The van der Waals surface area contributed by atoms with Crippen LogP contribution in [0, 0.1) is 0 Å². The zero-order valence-electron chi connectivity index (χ0n) is 17.0. The number of hydrogen-bond acceptors (Lipinski definition) is 4. The summed E-state index contributed by atoms with van der Waals surface area (Å²) < 4.78 is 5.38. The van der Waals surface area contributed by atoms with Crippen molar-refractivity contribution in [2.24, 2.45) is 0 Å². The van der Waals surface area contributed by atoms with Gasteiger partial charge in [0.05, 0.1) is 12.8 Å². The van der Waals surface area contributed by atoms with E-state index in [4.69, 9.17) is 4.74 Å². The Morgan fingerprint density at radius 1 is 1.10 bits per heavy atom. The number of ketones is 1. The number of carbonyl (C=O) groups is 2. The van der Waals surface area contributed by atoms with Crippen LogP contribution in [-0.4, -0.2) is 38.4 Å². The van der Waals surface area contributed by atoms with Crippen molar-refractivity contribution in [3.63, 3.8) is 0 Å². The third-order valence-electron chi connectivity index (χ3n) is 5.89. The lowest BCUT2D eigenvalue weighted by molar-refractivity contribution is -0.118. The first-order chi connectivity index (χ1) is 14.2. The van der Waals surface area contributed by atoms with Crippen LogP contribution < -0.4 is 15.0 Å². The van der Waals surface area contributed by atoms with Gasteiger partial charge in [0, 0.05) is 24.9 Å². The monoisotopic (exact) mass is 392 g/mol. The van der Waals surface area contributed by atoms with Crippen molar-refractivity contribution in [1.29, 1.82) is 0 Å². The fourth-order valence-corrected chi connectivity index (χ4v) is 4.39. The Balaban J connectivity index is 1.25. The van der Waals surface area contributed by atoms with Gasteiger partial charge in [0.2, 0.25) is 5.91 Å². The molecule has 2 heterocycles. The number of ether oxygens (including phenoxy) is 1. The number of benzene rings is 2. The number of nitrogens with zero attached hydrogens (tertiary/aromatic N) is 1.